The molecule has 0 N–H and O–H groups in total. The Morgan fingerprint density at radius 2 is 1.90 bits per heavy atom. The van der Waals surface area contributed by atoms with Crippen LogP contribution in [0, 0.1) is 0 Å². The van der Waals surface area contributed by atoms with Crippen LogP contribution in [0.3, 0.4) is 0 Å². The van der Waals surface area contributed by atoms with Crippen molar-refractivity contribution in [3.05, 3.63) is 77.2 Å². The maximum atomic E-state index is 12.7. The van der Waals surface area contributed by atoms with Crippen LogP contribution in [-0.2, 0) is 42.2 Å². The van der Waals surface area contributed by atoms with Crippen LogP contribution in [-0.4, -0.2) is 52.0 Å². The molecule has 1 aromatic heterocycles. The predicted octanol–water partition coefficient (Wildman–Crippen LogP) is 3.10. The lowest BCUT2D eigenvalue weighted by Gasteiger charge is -2.20. The molecular weight excluding hydrogens is 388 g/mol. The molecule has 0 bridgehead atoms. The first kappa shape index (κ1) is 20.0. The van der Waals surface area contributed by atoms with Gasteiger partial charge in [0.25, 0.3) is 0 Å². The number of ether oxygens (including phenoxy) is 1. The van der Waals surface area contributed by atoms with Gasteiger partial charge in [-0.05, 0) is 23.7 Å². The molecule has 0 spiro atoms. The van der Waals surface area contributed by atoms with E-state index >= 15 is 0 Å². The third kappa shape index (κ3) is 4.13. The number of hydrogen-bond acceptors (Lipinski definition) is 4. The van der Waals surface area contributed by atoms with E-state index in [4.69, 9.17) is 9.72 Å². The second kappa shape index (κ2) is 8.65. The highest BCUT2D eigenvalue weighted by atomic mass is 16.5. The Balaban J connectivity index is 1.26. The van der Waals surface area contributed by atoms with Gasteiger partial charge in [0.15, 0.2) is 0 Å². The zero-order valence-electron chi connectivity index (χ0n) is 18.0. The lowest BCUT2D eigenvalue weighted by molar-refractivity contribution is -0.136. The van der Waals surface area contributed by atoms with Gasteiger partial charge in [0, 0.05) is 44.7 Å². The van der Waals surface area contributed by atoms with Crippen LogP contribution in [0.1, 0.15) is 22.5 Å². The number of carbonyl (C=O) groups excluding carboxylic acids is 1. The molecule has 0 radical (unpaired) electrons. The van der Waals surface area contributed by atoms with E-state index in [9.17, 15) is 4.79 Å². The first-order valence-corrected chi connectivity index (χ1v) is 10.9. The van der Waals surface area contributed by atoms with Crippen molar-refractivity contribution in [3.8, 4) is 11.3 Å². The monoisotopic (exact) mass is 416 g/mol. The number of nitrogens with zero attached hydrogens (tertiary/aromatic N) is 4. The van der Waals surface area contributed by atoms with Crippen LogP contribution < -0.4 is 0 Å². The molecule has 0 aliphatic carbocycles. The Morgan fingerprint density at radius 1 is 1.03 bits per heavy atom. The molecule has 0 unspecified atom stereocenters. The molecule has 1 amide bonds. The highest BCUT2D eigenvalue weighted by molar-refractivity contribution is 5.77. The van der Waals surface area contributed by atoms with Crippen molar-refractivity contribution in [1.29, 1.82) is 0 Å². The van der Waals surface area contributed by atoms with Crippen LogP contribution in [0.2, 0.25) is 0 Å². The zero-order chi connectivity index (χ0) is 21.2. The summed E-state index contributed by atoms with van der Waals surface area (Å²) in [5.74, 6) is 1.10. The molecule has 2 aromatic carbocycles. The number of aromatic nitrogens is 2. The second-order valence-electron chi connectivity index (χ2n) is 8.44. The van der Waals surface area contributed by atoms with Crippen molar-refractivity contribution in [2.75, 3.05) is 26.7 Å². The summed E-state index contributed by atoms with van der Waals surface area (Å²) in [4.78, 5) is 21.7. The Kier molecular flexibility index (Phi) is 5.57. The lowest BCUT2D eigenvalue weighted by Crippen LogP contribution is -2.36. The van der Waals surface area contributed by atoms with Gasteiger partial charge in [-0.15, -0.1) is 0 Å². The Labute approximate surface area is 183 Å². The normalized spacial score (nSPS) is 16.1. The van der Waals surface area contributed by atoms with Crippen molar-refractivity contribution in [2.45, 2.75) is 32.7 Å². The molecular formula is C25H28N4O2. The molecule has 6 heteroatoms. The van der Waals surface area contributed by atoms with Gasteiger partial charge in [-0.1, -0.05) is 48.5 Å². The van der Waals surface area contributed by atoms with Gasteiger partial charge in [0.1, 0.15) is 12.4 Å². The van der Waals surface area contributed by atoms with Crippen LogP contribution >= 0.6 is 0 Å². The predicted molar refractivity (Wildman–Crippen MR) is 119 cm³/mol. The SMILES string of the molecule is CN1Cc2cccc(-c3cnc4n3CCN(C(=O)COCc3ccccc3)CC4)c2C1. The number of imidazole rings is 1. The van der Waals surface area contributed by atoms with Gasteiger partial charge < -0.3 is 14.2 Å². The molecule has 0 atom stereocenters. The van der Waals surface area contributed by atoms with Gasteiger partial charge in [0.2, 0.25) is 5.91 Å². The highest BCUT2D eigenvalue weighted by Gasteiger charge is 2.25. The summed E-state index contributed by atoms with van der Waals surface area (Å²) in [6, 6.07) is 16.5. The third-order valence-electron chi connectivity index (χ3n) is 6.24. The molecule has 2 aliphatic rings. The molecule has 5 rings (SSSR count). The summed E-state index contributed by atoms with van der Waals surface area (Å²) in [6.07, 6.45) is 2.77. The Bertz CT molecular complexity index is 1080. The number of fused-ring (bicyclic) bond motifs is 2. The summed E-state index contributed by atoms with van der Waals surface area (Å²) in [6.45, 7) is 4.65. The first-order valence-electron chi connectivity index (χ1n) is 10.9. The number of carbonyl (C=O) groups is 1. The highest BCUT2D eigenvalue weighted by Crippen LogP contribution is 2.33. The maximum Gasteiger partial charge on any atom is 0.248 e. The van der Waals surface area contributed by atoms with E-state index in [1.54, 1.807) is 0 Å². The number of hydrogen-bond donors (Lipinski definition) is 0. The third-order valence-corrected chi connectivity index (χ3v) is 6.24. The van der Waals surface area contributed by atoms with E-state index in [1.165, 1.54) is 16.7 Å². The summed E-state index contributed by atoms with van der Waals surface area (Å²) >= 11 is 0. The smallest absolute Gasteiger partial charge is 0.248 e. The summed E-state index contributed by atoms with van der Waals surface area (Å²) in [5, 5.41) is 0. The number of rotatable bonds is 5. The van der Waals surface area contributed by atoms with Crippen LogP contribution in [0.4, 0.5) is 0 Å². The standard InChI is InChI=1S/C25H28N4O2/c1-27-15-20-8-5-9-21(22(20)16-27)23-14-26-24-10-11-28(12-13-29(23)24)25(30)18-31-17-19-6-3-2-4-7-19/h2-9,14H,10-13,15-18H2,1H3. The minimum atomic E-state index is 0.0467. The van der Waals surface area contributed by atoms with Crippen molar-refractivity contribution >= 4 is 5.91 Å². The zero-order valence-corrected chi connectivity index (χ0v) is 18.0. The fraction of sp³-hybridized carbons (Fsp3) is 0.360. The van der Waals surface area contributed by atoms with E-state index < -0.39 is 0 Å². The van der Waals surface area contributed by atoms with E-state index in [0.29, 0.717) is 19.7 Å². The molecule has 31 heavy (non-hydrogen) atoms. The maximum absolute atomic E-state index is 12.7. The van der Waals surface area contributed by atoms with Crippen LogP contribution in [0.25, 0.3) is 11.3 Å². The van der Waals surface area contributed by atoms with Crippen molar-refractivity contribution in [1.82, 2.24) is 19.4 Å². The van der Waals surface area contributed by atoms with Crippen LogP contribution in [0.5, 0.6) is 0 Å². The largest absolute Gasteiger partial charge is 0.367 e. The van der Waals surface area contributed by atoms with Gasteiger partial charge in [-0.3, -0.25) is 9.69 Å². The topological polar surface area (TPSA) is 50.6 Å². The minimum Gasteiger partial charge on any atom is -0.367 e. The average Bonchev–Trinajstić information content (AvgIpc) is 3.30. The van der Waals surface area contributed by atoms with Crippen molar-refractivity contribution in [3.63, 3.8) is 0 Å². The Hall–Kier alpha value is -2.96. The molecule has 6 nitrogen and oxygen atoms in total. The second-order valence-corrected chi connectivity index (χ2v) is 8.44. The first-order chi connectivity index (χ1) is 15.2. The summed E-state index contributed by atoms with van der Waals surface area (Å²) in [5.41, 5.74) is 6.32. The van der Waals surface area contributed by atoms with E-state index in [-0.39, 0.29) is 12.5 Å². The molecule has 0 saturated carbocycles. The van der Waals surface area contributed by atoms with E-state index in [2.05, 4.69) is 34.7 Å². The molecule has 2 aliphatic heterocycles. The molecule has 0 fully saturated rings. The molecule has 3 aromatic rings. The van der Waals surface area contributed by atoms with E-state index in [1.807, 2.05) is 41.4 Å². The molecule has 3 heterocycles. The van der Waals surface area contributed by atoms with Gasteiger partial charge in [-0.25, -0.2) is 4.98 Å². The van der Waals surface area contributed by atoms with E-state index in [0.717, 1.165) is 43.1 Å². The van der Waals surface area contributed by atoms with Gasteiger partial charge >= 0.3 is 0 Å². The average molecular weight is 417 g/mol. The quantitative estimate of drug-likeness (QED) is 0.641. The van der Waals surface area contributed by atoms with Gasteiger partial charge in [-0.2, -0.15) is 0 Å². The lowest BCUT2D eigenvalue weighted by atomic mass is 10.0. The van der Waals surface area contributed by atoms with Crippen molar-refractivity contribution < 1.29 is 9.53 Å². The number of amides is 1. The fourth-order valence-electron chi connectivity index (χ4n) is 4.64. The summed E-state index contributed by atoms with van der Waals surface area (Å²) in [7, 11) is 2.16. The van der Waals surface area contributed by atoms with Gasteiger partial charge in [0.05, 0.1) is 18.5 Å². The van der Waals surface area contributed by atoms with Crippen LogP contribution in [0.15, 0.2) is 54.7 Å². The minimum absolute atomic E-state index is 0.0467. The fourth-order valence-corrected chi connectivity index (χ4v) is 4.64. The number of benzene rings is 2. The molecule has 0 saturated heterocycles. The summed E-state index contributed by atoms with van der Waals surface area (Å²) < 4.78 is 7.97. The molecule has 160 valence electrons. The Morgan fingerprint density at radius 3 is 2.77 bits per heavy atom. The van der Waals surface area contributed by atoms with Crippen molar-refractivity contribution in [2.24, 2.45) is 0 Å².